The highest BCUT2D eigenvalue weighted by Crippen LogP contribution is 2.02. The van der Waals surface area contributed by atoms with Crippen molar-refractivity contribution in [3.05, 3.63) is 0 Å². The molecule has 74 valence electrons. The molecule has 12 heavy (non-hydrogen) atoms. The van der Waals surface area contributed by atoms with Crippen molar-refractivity contribution in [2.75, 3.05) is 20.3 Å². The summed E-state index contributed by atoms with van der Waals surface area (Å²) in [6, 6.07) is 0.276. The van der Waals surface area contributed by atoms with Gasteiger partial charge in [-0.3, -0.25) is 0 Å². The van der Waals surface area contributed by atoms with Gasteiger partial charge in [-0.1, -0.05) is 0 Å². The number of methoxy groups -OCH3 is 1. The molecule has 0 saturated heterocycles. The molecule has 0 spiro atoms. The number of ether oxygens (including phenoxy) is 2. The zero-order valence-corrected chi connectivity index (χ0v) is 8.38. The Morgan fingerprint density at radius 1 is 1.17 bits per heavy atom. The predicted octanol–water partition coefficient (Wildman–Crippen LogP) is 1.17. The van der Waals surface area contributed by atoms with Gasteiger partial charge in [0.05, 0.1) is 19.3 Å². The van der Waals surface area contributed by atoms with E-state index in [0.29, 0.717) is 19.3 Å². The third kappa shape index (κ3) is 7.98. The van der Waals surface area contributed by atoms with Gasteiger partial charge in [-0.2, -0.15) is 0 Å². The second-order valence-corrected chi connectivity index (χ2v) is 3.23. The third-order valence-electron chi connectivity index (χ3n) is 1.72. The summed E-state index contributed by atoms with van der Waals surface area (Å²) < 4.78 is 10.3. The summed E-state index contributed by atoms with van der Waals surface area (Å²) in [6.45, 7) is 5.43. The van der Waals surface area contributed by atoms with Crippen LogP contribution in [0.3, 0.4) is 0 Å². The second kappa shape index (κ2) is 7.53. The van der Waals surface area contributed by atoms with E-state index in [1.54, 1.807) is 7.11 Å². The normalized spacial score (nSPS) is 16.0. The van der Waals surface area contributed by atoms with Crippen LogP contribution in [0.2, 0.25) is 0 Å². The highest BCUT2D eigenvalue weighted by atomic mass is 16.5. The molecule has 0 bridgehead atoms. The Morgan fingerprint density at radius 2 is 1.83 bits per heavy atom. The fourth-order valence-electron chi connectivity index (χ4n) is 0.914. The minimum Gasteiger partial charge on any atom is -0.382 e. The van der Waals surface area contributed by atoms with Crippen LogP contribution in [0.15, 0.2) is 0 Å². The van der Waals surface area contributed by atoms with Gasteiger partial charge in [0.2, 0.25) is 0 Å². The van der Waals surface area contributed by atoms with E-state index in [1.165, 1.54) is 0 Å². The fourth-order valence-corrected chi connectivity index (χ4v) is 0.914. The maximum Gasteiger partial charge on any atom is 0.0703 e. The molecule has 0 aromatic heterocycles. The van der Waals surface area contributed by atoms with Gasteiger partial charge in [-0.15, -0.1) is 0 Å². The van der Waals surface area contributed by atoms with Crippen LogP contribution in [-0.2, 0) is 9.47 Å². The molecule has 2 N–H and O–H groups in total. The molecule has 0 aliphatic carbocycles. The zero-order valence-electron chi connectivity index (χ0n) is 8.38. The van der Waals surface area contributed by atoms with Crippen LogP contribution in [-0.4, -0.2) is 32.5 Å². The number of nitrogens with two attached hydrogens (primary N) is 1. The van der Waals surface area contributed by atoms with Gasteiger partial charge < -0.3 is 15.2 Å². The molecule has 3 nitrogen and oxygen atoms in total. The van der Waals surface area contributed by atoms with E-state index in [0.717, 1.165) is 12.8 Å². The number of hydrogen-bond donors (Lipinski definition) is 1. The minimum atomic E-state index is 0.276. The molecule has 0 radical (unpaired) electrons. The van der Waals surface area contributed by atoms with E-state index < -0.39 is 0 Å². The van der Waals surface area contributed by atoms with E-state index in [2.05, 4.69) is 6.92 Å². The van der Waals surface area contributed by atoms with E-state index in [-0.39, 0.29) is 6.04 Å². The van der Waals surface area contributed by atoms with Gasteiger partial charge in [0.25, 0.3) is 0 Å². The predicted molar refractivity (Wildman–Crippen MR) is 50.2 cm³/mol. The Kier molecular flexibility index (Phi) is 7.45. The monoisotopic (exact) mass is 175 g/mol. The first-order valence-corrected chi connectivity index (χ1v) is 4.53. The fraction of sp³-hybridized carbons (Fsp3) is 1.00. The van der Waals surface area contributed by atoms with Crippen LogP contribution in [0, 0.1) is 0 Å². The topological polar surface area (TPSA) is 44.5 Å². The van der Waals surface area contributed by atoms with Crippen molar-refractivity contribution in [3.8, 4) is 0 Å². The molecule has 0 rings (SSSR count). The summed E-state index contributed by atoms with van der Waals surface area (Å²) in [5, 5.41) is 0. The van der Waals surface area contributed by atoms with Crippen molar-refractivity contribution in [2.45, 2.75) is 38.8 Å². The molecule has 0 fully saturated rings. The first-order valence-electron chi connectivity index (χ1n) is 4.53. The molecular formula is C9H21NO2. The highest BCUT2D eigenvalue weighted by molar-refractivity contribution is 4.57. The first-order chi connectivity index (χ1) is 5.66. The van der Waals surface area contributed by atoms with Gasteiger partial charge in [0.15, 0.2) is 0 Å². The standard InChI is InChI=1S/C9H21NO2/c1-8(10)4-5-9(2)12-7-6-11-3/h8-9H,4-7,10H2,1-3H3/t8-,9-/m1/s1. The van der Waals surface area contributed by atoms with Crippen molar-refractivity contribution >= 4 is 0 Å². The Hall–Kier alpha value is -0.120. The van der Waals surface area contributed by atoms with Gasteiger partial charge >= 0.3 is 0 Å². The lowest BCUT2D eigenvalue weighted by molar-refractivity contribution is 0.0211. The number of hydrogen-bond acceptors (Lipinski definition) is 3. The van der Waals surface area contributed by atoms with Gasteiger partial charge in [0, 0.05) is 13.2 Å². The lowest BCUT2D eigenvalue weighted by Gasteiger charge is -2.13. The van der Waals surface area contributed by atoms with Crippen LogP contribution < -0.4 is 5.73 Å². The van der Waals surface area contributed by atoms with E-state index in [9.17, 15) is 0 Å². The molecule has 0 aromatic carbocycles. The quantitative estimate of drug-likeness (QED) is 0.591. The summed E-state index contributed by atoms with van der Waals surface area (Å²) in [6.07, 6.45) is 2.35. The smallest absolute Gasteiger partial charge is 0.0703 e. The Labute approximate surface area is 75.2 Å². The van der Waals surface area contributed by atoms with Crippen LogP contribution in [0.1, 0.15) is 26.7 Å². The summed E-state index contributed by atoms with van der Waals surface area (Å²) in [4.78, 5) is 0. The summed E-state index contributed by atoms with van der Waals surface area (Å²) in [5.41, 5.74) is 5.62. The lowest BCUT2D eigenvalue weighted by Crippen LogP contribution is -2.19. The Morgan fingerprint density at radius 3 is 2.33 bits per heavy atom. The SMILES string of the molecule is COCCO[C@H](C)CC[C@@H](C)N. The molecule has 0 aliphatic rings. The van der Waals surface area contributed by atoms with Gasteiger partial charge in [-0.05, 0) is 26.7 Å². The van der Waals surface area contributed by atoms with Gasteiger partial charge in [0.1, 0.15) is 0 Å². The largest absolute Gasteiger partial charge is 0.382 e. The first kappa shape index (κ1) is 11.9. The number of rotatable bonds is 7. The Bertz CT molecular complexity index is 96.5. The second-order valence-electron chi connectivity index (χ2n) is 3.23. The molecule has 0 aromatic rings. The van der Waals surface area contributed by atoms with Crippen LogP contribution in [0.5, 0.6) is 0 Å². The van der Waals surface area contributed by atoms with E-state index in [1.807, 2.05) is 6.92 Å². The third-order valence-corrected chi connectivity index (χ3v) is 1.72. The molecule has 0 unspecified atom stereocenters. The van der Waals surface area contributed by atoms with Crippen molar-refractivity contribution in [1.29, 1.82) is 0 Å². The zero-order chi connectivity index (χ0) is 9.40. The summed E-state index contributed by atoms with van der Waals surface area (Å²) >= 11 is 0. The van der Waals surface area contributed by atoms with Crippen LogP contribution >= 0.6 is 0 Å². The minimum absolute atomic E-state index is 0.276. The Balaban J connectivity index is 3.15. The molecule has 0 heterocycles. The maximum absolute atomic E-state index is 5.62. The molecule has 0 aliphatic heterocycles. The lowest BCUT2D eigenvalue weighted by atomic mass is 10.1. The van der Waals surface area contributed by atoms with Crippen LogP contribution in [0.4, 0.5) is 0 Å². The average Bonchev–Trinajstić information content (AvgIpc) is 2.01. The van der Waals surface area contributed by atoms with Crippen molar-refractivity contribution < 1.29 is 9.47 Å². The van der Waals surface area contributed by atoms with E-state index >= 15 is 0 Å². The molecule has 0 amide bonds. The van der Waals surface area contributed by atoms with Crippen LogP contribution in [0.25, 0.3) is 0 Å². The molecule has 2 atom stereocenters. The van der Waals surface area contributed by atoms with Crippen molar-refractivity contribution in [1.82, 2.24) is 0 Å². The van der Waals surface area contributed by atoms with Crippen molar-refractivity contribution in [2.24, 2.45) is 5.73 Å². The summed E-state index contributed by atoms with van der Waals surface area (Å²) in [5.74, 6) is 0. The van der Waals surface area contributed by atoms with Gasteiger partial charge in [-0.25, -0.2) is 0 Å². The molecule has 3 heteroatoms. The highest BCUT2D eigenvalue weighted by Gasteiger charge is 2.03. The molecular weight excluding hydrogens is 154 g/mol. The molecule has 0 saturated carbocycles. The average molecular weight is 175 g/mol. The van der Waals surface area contributed by atoms with Crippen molar-refractivity contribution in [3.63, 3.8) is 0 Å². The van der Waals surface area contributed by atoms with E-state index in [4.69, 9.17) is 15.2 Å². The maximum atomic E-state index is 5.62. The summed E-state index contributed by atoms with van der Waals surface area (Å²) in [7, 11) is 1.68.